The van der Waals surface area contributed by atoms with Crippen LogP contribution in [0.2, 0.25) is 0 Å². The number of anilines is 2. The van der Waals surface area contributed by atoms with Gasteiger partial charge in [-0.15, -0.1) is 23.1 Å². The van der Waals surface area contributed by atoms with Gasteiger partial charge >= 0.3 is 0 Å². The number of carbonyl (C=O) groups excluding carboxylic acids is 1. The third-order valence-electron chi connectivity index (χ3n) is 4.12. The van der Waals surface area contributed by atoms with E-state index < -0.39 is 15.3 Å². The van der Waals surface area contributed by atoms with Gasteiger partial charge in [-0.1, -0.05) is 0 Å². The Kier molecular flexibility index (Phi) is 7.42. The number of aromatic nitrogens is 1. The molecule has 1 heterocycles. The fraction of sp³-hybridized carbons (Fsp3) is 0.200. The highest BCUT2D eigenvalue weighted by molar-refractivity contribution is 8.00. The molecule has 0 bridgehead atoms. The first-order chi connectivity index (χ1) is 14.8. The summed E-state index contributed by atoms with van der Waals surface area (Å²) in [5, 5.41) is 4.37. The van der Waals surface area contributed by atoms with Crippen molar-refractivity contribution >= 4 is 49.8 Å². The van der Waals surface area contributed by atoms with Crippen LogP contribution < -0.4 is 19.5 Å². The number of carbonyl (C=O) groups is 1. The lowest BCUT2D eigenvalue weighted by molar-refractivity contribution is -0.115. The second-order valence-corrected chi connectivity index (χ2v) is 10.2. The number of sulfonamides is 1. The molecule has 0 aliphatic heterocycles. The van der Waals surface area contributed by atoms with E-state index in [2.05, 4.69) is 15.0 Å². The standard InChI is InChI=1S/C20H21N3O5S3/c1-13(30-15-6-9-17(27-2)18(12-15)28-3)19(24)22-14-4-7-16(8-5-14)31(25,26)23-20-21-10-11-29-20/h4-13H,1-3H3,(H,21,23)(H,22,24)/t13-/m1/s1. The lowest BCUT2D eigenvalue weighted by Crippen LogP contribution is -2.22. The van der Waals surface area contributed by atoms with Gasteiger partial charge in [0, 0.05) is 22.2 Å². The number of amides is 1. The molecule has 164 valence electrons. The monoisotopic (exact) mass is 479 g/mol. The van der Waals surface area contributed by atoms with E-state index in [1.807, 2.05) is 12.1 Å². The molecule has 0 aliphatic carbocycles. The molecule has 11 heteroatoms. The van der Waals surface area contributed by atoms with Gasteiger partial charge < -0.3 is 14.8 Å². The van der Waals surface area contributed by atoms with E-state index in [9.17, 15) is 13.2 Å². The summed E-state index contributed by atoms with van der Waals surface area (Å²) in [6.45, 7) is 1.79. The first-order valence-corrected chi connectivity index (χ1v) is 12.3. The van der Waals surface area contributed by atoms with Gasteiger partial charge in [-0.2, -0.15) is 0 Å². The largest absolute Gasteiger partial charge is 0.493 e. The minimum Gasteiger partial charge on any atom is -0.493 e. The van der Waals surface area contributed by atoms with Crippen molar-refractivity contribution in [1.82, 2.24) is 4.98 Å². The predicted molar refractivity (Wildman–Crippen MR) is 123 cm³/mol. The molecule has 1 aromatic heterocycles. The Balaban J connectivity index is 1.62. The Morgan fingerprint density at radius 3 is 2.42 bits per heavy atom. The smallest absolute Gasteiger partial charge is 0.263 e. The van der Waals surface area contributed by atoms with E-state index in [-0.39, 0.29) is 10.8 Å². The maximum absolute atomic E-state index is 12.6. The molecular formula is C20H21N3O5S3. The maximum Gasteiger partial charge on any atom is 0.263 e. The molecule has 31 heavy (non-hydrogen) atoms. The van der Waals surface area contributed by atoms with Gasteiger partial charge in [-0.3, -0.25) is 9.52 Å². The molecule has 3 aromatic rings. The molecule has 0 aliphatic rings. The fourth-order valence-corrected chi connectivity index (χ4v) is 5.24. The third kappa shape index (κ3) is 5.90. The van der Waals surface area contributed by atoms with Crippen LogP contribution in [0, 0.1) is 0 Å². The molecule has 1 atom stereocenters. The fourth-order valence-electron chi connectivity index (χ4n) is 2.56. The van der Waals surface area contributed by atoms with Gasteiger partial charge in [0.15, 0.2) is 16.6 Å². The zero-order valence-electron chi connectivity index (χ0n) is 17.0. The van der Waals surface area contributed by atoms with Gasteiger partial charge in [-0.25, -0.2) is 13.4 Å². The summed E-state index contributed by atoms with van der Waals surface area (Å²) < 4.78 is 37.7. The van der Waals surface area contributed by atoms with Gasteiger partial charge in [0.25, 0.3) is 10.0 Å². The first kappa shape index (κ1) is 22.9. The molecule has 3 rings (SSSR count). The molecule has 0 saturated heterocycles. The average molecular weight is 480 g/mol. The van der Waals surface area contributed by atoms with Crippen LogP contribution >= 0.6 is 23.1 Å². The Hall–Kier alpha value is -2.76. The first-order valence-electron chi connectivity index (χ1n) is 9.04. The Bertz CT molecular complexity index is 1130. The average Bonchev–Trinajstić information content (AvgIpc) is 3.26. The number of nitrogens with one attached hydrogen (secondary N) is 2. The molecule has 0 saturated carbocycles. The summed E-state index contributed by atoms with van der Waals surface area (Å²) in [7, 11) is -0.623. The zero-order valence-corrected chi connectivity index (χ0v) is 19.4. The topological polar surface area (TPSA) is 107 Å². The number of thioether (sulfide) groups is 1. The number of rotatable bonds is 9. The highest BCUT2D eigenvalue weighted by Gasteiger charge is 2.18. The Morgan fingerprint density at radius 1 is 1.10 bits per heavy atom. The van der Waals surface area contributed by atoms with E-state index >= 15 is 0 Å². The lowest BCUT2D eigenvalue weighted by Gasteiger charge is -2.14. The number of methoxy groups -OCH3 is 2. The van der Waals surface area contributed by atoms with Crippen LogP contribution in [-0.4, -0.2) is 38.8 Å². The van der Waals surface area contributed by atoms with E-state index in [0.29, 0.717) is 22.3 Å². The quantitative estimate of drug-likeness (QED) is 0.445. The van der Waals surface area contributed by atoms with E-state index in [4.69, 9.17) is 9.47 Å². The summed E-state index contributed by atoms with van der Waals surface area (Å²) >= 11 is 2.56. The van der Waals surface area contributed by atoms with E-state index in [1.54, 1.807) is 44.7 Å². The highest BCUT2D eigenvalue weighted by atomic mass is 32.2. The molecule has 0 unspecified atom stereocenters. The van der Waals surface area contributed by atoms with Crippen LogP contribution in [0.5, 0.6) is 11.5 Å². The summed E-state index contributed by atoms with van der Waals surface area (Å²) in [6.07, 6.45) is 1.52. The minimum atomic E-state index is -3.74. The van der Waals surface area contributed by atoms with Crippen molar-refractivity contribution in [3.05, 3.63) is 54.0 Å². The van der Waals surface area contributed by atoms with Crippen molar-refractivity contribution in [2.24, 2.45) is 0 Å². The van der Waals surface area contributed by atoms with E-state index in [1.165, 1.54) is 41.4 Å². The minimum absolute atomic E-state index is 0.0773. The van der Waals surface area contributed by atoms with Gasteiger partial charge in [0.05, 0.1) is 24.4 Å². The molecular weight excluding hydrogens is 458 g/mol. The summed E-state index contributed by atoms with van der Waals surface area (Å²) in [5.41, 5.74) is 0.498. The summed E-state index contributed by atoms with van der Waals surface area (Å²) in [4.78, 5) is 17.4. The van der Waals surface area contributed by atoms with Crippen LogP contribution in [-0.2, 0) is 14.8 Å². The number of hydrogen-bond acceptors (Lipinski definition) is 8. The van der Waals surface area contributed by atoms with Crippen LogP contribution in [0.4, 0.5) is 10.8 Å². The second kappa shape index (κ2) is 10.0. The van der Waals surface area contributed by atoms with Crippen molar-refractivity contribution in [3.8, 4) is 11.5 Å². The Morgan fingerprint density at radius 2 is 1.81 bits per heavy atom. The summed E-state index contributed by atoms with van der Waals surface area (Å²) in [6, 6.07) is 11.4. The van der Waals surface area contributed by atoms with Crippen molar-refractivity contribution in [2.45, 2.75) is 22.0 Å². The Labute approximate surface area is 189 Å². The molecule has 0 radical (unpaired) electrons. The molecule has 8 nitrogen and oxygen atoms in total. The van der Waals surface area contributed by atoms with Crippen molar-refractivity contribution in [1.29, 1.82) is 0 Å². The van der Waals surface area contributed by atoms with Crippen LogP contribution in [0.25, 0.3) is 0 Å². The van der Waals surface area contributed by atoms with Crippen LogP contribution in [0.1, 0.15) is 6.92 Å². The maximum atomic E-state index is 12.6. The van der Waals surface area contributed by atoms with Gasteiger partial charge in [-0.05, 0) is 49.4 Å². The zero-order chi connectivity index (χ0) is 22.4. The third-order valence-corrected chi connectivity index (χ3v) is 7.39. The molecule has 2 aromatic carbocycles. The number of hydrogen-bond donors (Lipinski definition) is 2. The highest BCUT2D eigenvalue weighted by Crippen LogP contribution is 2.33. The van der Waals surface area contributed by atoms with Gasteiger partial charge in [0.2, 0.25) is 5.91 Å². The SMILES string of the molecule is COc1ccc(S[C@H](C)C(=O)Nc2ccc(S(=O)(=O)Nc3nccs3)cc2)cc1OC. The molecule has 0 fully saturated rings. The van der Waals surface area contributed by atoms with Crippen molar-refractivity contribution < 1.29 is 22.7 Å². The van der Waals surface area contributed by atoms with Crippen LogP contribution in [0.3, 0.4) is 0 Å². The summed E-state index contributed by atoms with van der Waals surface area (Å²) in [5.74, 6) is 0.989. The predicted octanol–water partition coefficient (Wildman–Crippen LogP) is 4.08. The van der Waals surface area contributed by atoms with E-state index in [0.717, 1.165) is 4.90 Å². The number of thiazole rings is 1. The number of ether oxygens (including phenoxy) is 2. The number of benzene rings is 2. The van der Waals surface area contributed by atoms with Crippen LogP contribution in [0.15, 0.2) is 63.8 Å². The van der Waals surface area contributed by atoms with Crippen molar-refractivity contribution in [3.63, 3.8) is 0 Å². The van der Waals surface area contributed by atoms with Gasteiger partial charge in [0.1, 0.15) is 0 Å². The second-order valence-electron chi connectivity index (χ2n) is 6.23. The number of nitrogens with zero attached hydrogens (tertiary/aromatic N) is 1. The molecule has 0 spiro atoms. The normalized spacial score (nSPS) is 12.1. The lowest BCUT2D eigenvalue weighted by atomic mass is 10.3. The molecule has 2 N–H and O–H groups in total. The molecule has 1 amide bonds. The van der Waals surface area contributed by atoms with Crippen molar-refractivity contribution in [2.75, 3.05) is 24.3 Å².